The van der Waals surface area contributed by atoms with E-state index < -0.39 is 30.8 Å². The molecule has 0 aromatic carbocycles. The zero-order valence-electron chi connectivity index (χ0n) is 10.4. The second-order valence-electron chi connectivity index (χ2n) is 4.32. The molecule has 0 saturated carbocycles. The molecule has 0 amide bonds. The Hall–Kier alpha value is -1.89. The van der Waals surface area contributed by atoms with Crippen LogP contribution in [0.5, 0.6) is 0 Å². The van der Waals surface area contributed by atoms with Gasteiger partial charge in [-0.05, 0) is 6.92 Å². The van der Waals surface area contributed by atoms with Crippen LogP contribution in [-0.4, -0.2) is 43.0 Å². The first kappa shape index (κ1) is 13.5. The fourth-order valence-electron chi connectivity index (χ4n) is 2.12. The SMILES string of the molecule is C=CC(=O)OCC(=O)OC1CC2C(=O)OC(C)C2O1. The van der Waals surface area contributed by atoms with E-state index in [-0.39, 0.29) is 24.6 Å². The standard InChI is InChI=1S/C12H14O7/c1-3-8(13)16-5-9(14)18-10-4-7-11(19-10)6(2)17-12(7)15/h3,6-7,10-11H,1,4-5H2,2H3. The molecular weight excluding hydrogens is 256 g/mol. The number of carbonyl (C=O) groups is 3. The van der Waals surface area contributed by atoms with Gasteiger partial charge in [-0.2, -0.15) is 0 Å². The lowest BCUT2D eigenvalue weighted by Crippen LogP contribution is -2.26. The quantitative estimate of drug-likeness (QED) is 0.401. The van der Waals surface area contributed by atoms with E-state index in [1.54, 1.807) is 6.92 Å². The van der Waals surface area contributed by atoms with Gasteiger partial charge in [0.15, 0.2) is 6.61 Å². The minimum Gasteiger partial charge on any atom is -0.460 e. The monoisotopic (exact) mass is 270 g/mol. The number of carbonyl (C=O) groups excluding carboxylic acids is 3. The van der Waals surface area contributed by atoms with Crippen molar-refractivity contribution in [3.05, 3.63) is 12.7 Å². The van der Waals surface area contributed by atoms with Gasteiger partial charge >= 0.3 is 17.9 Å². The molecule has 0 N–H and O–H groups in total. The van der Waals surface area contributed by atoms with Crippen molar-refractivity contribution in [3.8, 4) is 0 Å². The number of rotatable bonds is 4. The summed E-state index contributed by atoms with van der Waals surface area (Å²) in [7, 11) is 0. The second-order valence-corrected chi connectivity index (χ2v) is 4.32. The maximum absolute atomic E-state index is 11.4. The van der Waals surface area contributed by atoms with Crippen molar-refractivity contribution in [2.45, 2.75) is 31.8 Å². The van der Waals surface area contributed by atoms with Crippen molar-refractivity contribution in [1.82, 2.24) is 0 Å². The van der Waals surface area contributed by atoms with E-state index in [0.717, 1.165) is 6.08 Å². The van der Waals surface area contributed by atoms with Crippen LogP contribution in [-0.2, 0) is 33.3 Å². The van der Waals surface area contributed by atoms with E-state index in [9.17, 15) is 14.4 Å². The highest BCUT2D eigenvalue weighted by molar-refractivity contribution is 5.83. The van der Waals surface area contributed by atoms with Gasteiger partial charge in [-0.3, -0.25) is 4.79 Å². The van der Waals surface area contributed by atoms with Gasteiger partial charge in [0, 0.05) is 12.5 Å². The first-order valence-corrected chi connectivity index (χ1v) is 5.86. The van der Waals surface area contributed by atoms with E-state index in [2.05, 4.69) is 11.3 Å². The van der Waals surface area contributed by atoms with E-state index in [4.69, 9.17) is 14.2 Å². The first-order chi connectivity index (χ1) is 9.01. The predicted octanol–water partition coefficient (Wildman–Crippen LogP) is -0.0647. The Labute approximate surface area is 109 Å². The van der Waals surface area contributed by atoms with Crippen LogP contribution in [0.4, 0.5) is 0 Å². The van der Waals surface area contributed by atoms with Crippen LogP contribution >= 0.6 is 0 Å². The molecule has 0 aliphatic carbocycles. The number of ether oxygens (including phenoxy) is 4. The largest absolute Gasteiger partial charge is 0.460 e. The summed E-state index contributed by atoms with van der Waals surface area (Å²) in [5, 5.41) is 0. The van der Waals surface area contributed by atoms with E-state index >= 15 is 0 Å². The molecule has 0 aromatic rings. The Bertz CT molecular complexity index is 416. The summed E-state index contributed by atoms with van der Waals surface area (Å²) in [5.74, 6) is -2.18. The maximum Gasteiger partial charge on any atom is 0.346 e. The number of esters is 3. The molecule has 7 heteroatoms. The Balaban J connectivity index is 1.79. The average Bonchev–Trinajstić information content (AvgIpc) is 2.89. The fourth-order valence-corrected chi connectivity index (χ4v) is 2.12. The minimum absolute atomic E-state index is 0.259. The lowest BCUT2D eigenvalue weighted by atomic mass is 10.0. The summed E-state index contributed by atoms with van der Waals surface area (Å²) in [6, 6.07) is 0. The molecule has 0 radical (unpaired) electrons. The third kappa shape index (κ3) is 2.93. The third-order valence-corrected chi connectivity index (χ3v) is 2.98. The van der Waals surface area contributed by atoms with E-state index in [1.165, 1.54) is 0 Å². The van der Waals surface area contributed by atoms with Crippen LogP contribution in [0.3, 0.4) is 0 Å². The molecule has 0 aromatic heterocycles. The Morgan fingerprint density at radius 2 is 2.26 bits per heavy atom. The molecule has 2 aliphatic heterocycles. The summed E-state index contributed by atoms with van der Waals surface area (Å²) in [5.41, 5.74) is 0. The van der Waals surface area contributed by atoms with Crippen LogP contribution in [0.2, 0.25) is 0 Å². The molecule has 19 heavy (non-hydrogen) atoms. The van der Waals surface area contributed by atoms with Crippen molar-refractivity contribution >= 4 is 17.9 Å². The summed E-state index contributed by atoms with van der Waals surface area (Å²) >= 11 is 0. The molecule has 7 nitrogen and oxygen atoms in total. The Kier molecular flexibility index (Phi) is 3.84. The van der Waals surface area contributed by atoms with Gasteiger partial charge in [0.2, 0.25) is 6.29 Å². The van der Waals surface area contributed by atoms with Crippen LogP contribution in [0, 0.1) is 5.92 Å². The predicted molar refractivity (Wildman–Crippen MR) is 59.6 cm³/mol. The molecule has 2 saturated heterocycles. The van der Waals surface area contributed by atoms with Gasteiger partial charge in [-0.25, -0.2) is 9.59 Å². The van der Waals surface area contributed by atoms with Crippen LogP contribution in [0.1, 0.15) is 13.3 Å². The normalized spacial score (nSPS) is 32.4. The van der Waals surface area contributed by atoms with Crippen LogP contribution < -0.4 is 0 Å². The van der Waals surface area contributed by atoms with Gasteiger partial charge in [0.05, 0.1) is 5.92 Å². The van der Waals surface area contributed by atoms with Gasteiger partial charge in [0.25, 0.3) is 0 Å². The summed E-state index contributed by atoms with van der Waals surface area (Å²) in [4.78, 5) is 33.6. The second kappa shape index (κ2) is 5.40. The van der Waals surface area contributed by atoms with Crippen molar-refractivity contribution in [2.24, 2.45) is 5.92 Å². The summed E-state index contributed by atoms with van der Waals surface area (Å²) < 4.78 is 19.9. The van der Waals surface area contributed by atoms with Crippen molar-refractivity contribution in [1.29, 1.82) is 0 Å². The zero-order chi connectivity index (χ0) is 14.0. The smallest absolute Gasteiger partial charge is 0.346 e. The van der Waals surface area contributed by atoms with Gasteiger partial charge in [0.1, 0.15) is 12.2 Å². The highest BCUT2D eigenvalue weighted by Gasteiger charge is 2.51. The van der Waals surface area contributed by atoms with Gasteiger partial charge in [-0.15, -0.1) is 0 Å². The highest BCUT2D eigenvalue weighted by atomic mass is 16.7. The van der Waals surface area contributed by atoms with Crippen molar-refractivity contribution < 1.29 is 33.3 Å². The lowest BCUT2D eigenvalue weighted by molar-refractivity contribution is -0.186. The van der Waals surface area contributed by atoms with Crippen LogP contribution in [0.25, 0.3) is 0 Å². The molecule has 2 fully saturated rings. The molecule has 0 spiro atoms. The molecule has 2 aliphatic rings. The van der Waals surface area contributed by atoms with E-state index in [1.807, 2.05) is 0 Å². The molecule has 4 atom stereocenters. The summed E-state index contributed by atoms with van der Waals surface area (Å²) in [6.45, 7) is 4.40. The lowest BCUT2D eigenvalue weighted by Gasteiger charge is -2.15. The molecular formula is C12H14O7. The van der Waals surface area contributed by atoms with Gasteiger partial charge < -0.3 is 18.9 Å². The zero-order valence-corrected chi connectivity index (χ0v) is 10.4. The highest BCUT2D eigenvalue weighted by Crippen LogP contribution is 2.36. The third-order valence-electron chi connectivity index (χ3n) is 2.98. The molecule has 104 valence electrons. The number of hydrogen-bond acceptors (Lipinski definition) is 7. The molecule has 0 bridgehead atoms. The average molecular weight is 270 g/mol. The topological polar surface area (TPSA) is 88.1 Å². The van der Waals surface area contributed by atoms with Gasteiger partial charge in [-0.1, -0.05) is 6.58 Å². The first-order valence-electron chi connectivity index (χ1n) is 5.86. The Morgan fingerprint density at radius 1 is 1.53 bits per heavy atom. The fraction of sp³-hybridized carbons (Fsp3) is 0.583. The number of cyclic esters (lactones) is 1. The molecule has 2 heterocycles. The van der Waals surface area contributed by atoms with Crippen LogP contribution in [0.15, 0.2) is 12.7 Å². The van der Waals surface area contributed by atoms with Crippen molar-refractivity contribution in [2.75, 3.05) is 6.61 Å². The van der Waals surface area contributed by atoms with Crippen molar-refractivity contribution in [3.63, 3.8) is 0 Å². The molecule has 2 rings (SSSR count). The Morgan fingerprint density at radius 3 is 2.89 bits per heavy atom. The number of fused-ring (bicyclic) bond motifs is 1. The van der Waals surface area contributed by atoms with E-state index in [0.29, 0.717) is 0 Å². The minimum atomic E-state index is -0.805. The number of hydrogen-bond donors (Lipinski definition) is 0. The summed E-state index contributed by atoms with van der Waals surface area (Å²) in [6.07, 6.45) is -0.336. The molecule has 4 unspecified atom stereocenters. The maximum atomic E-state index is 11.4.